The molecule has 5 rings (SSSR count). The SMILES string of the molecule is CN(CC12CC3CC(CC(C3)C1)C2)C(=O)[C@H]1CC(=O)N(CC(F)(F)F)C1. The Morgan fingerprint density at radius 2 is 1.69 bits per heavy atom. The summed E-state index contributed by atoms with van der Waals surface area (Å²) in [4.78, 5) is 27.1. The maximum atomic E-state index is 12.8. The van der Waals surface area contributed by atoms with Crippen LogP contribution in [0.3, 0.4) is 0 Å². The van der Waals surface area contributed by atoms with Crippen molar-refractivity contribution in [2.24, 2.45) is 29.1 Å². The molecule has 0 radical (unpaired) electrons. The summed E-state index contributed by atoms with van der Waals surface area (Å²) in [7, 11) is 1.76. The lowest BCUT2D eigenvalue weighted by Crippen LogP contribution is -2.52. The van der Waals surface area contributed by atoms with E-state index in [2.05, 4.69) is 0 Å². The Kier molecular flexibility index (Phi) is 4.27. The molecule has 5 aliphatic rings. The molecular weight excluding hydrogens is 345 g/mol. The van der Waals surface area contributed by atoms with Crippen molar-refractivity contribution in [1.29, 1.82) is 0 Å². The lowest BCUT2D eigenvalue weighted by Gasteiger charge is -2.57. The number of hydrogen-bond acceptors (Lipinski definition) is 2. The Labute approximate surface area is 152 Å². The molecule has 0 unspecified atom stereocenters. The molecule has 4 saturated carbocycles. The highest BCUT2D eigenvalue weighted by molar-refractivity contribution is 5.89. The normalized spacial score (nSPS) is 38.9. The number of nitrogens with zero attached hydrogens (tertiary/aromatic N) is 2. The van der Waals surface area contributed by atoms with Gasteiger partial charge in [0.05, 0.1) is 5.92 Å². The Hall–Kier alpha value is -1.27. The van der Waals surface area contributed by atoms with Gasteiger partial charge in [-0.05, 0) is 61.7 Å². The number of likely N-dealkylation sites (tertiary alicyclic amines) is 1. The van der Waals surface area contributed by atoms with Gasteiger partial charge in [-0.1, -0.05) is 0 Å². The fourth-order valence-electron chi connectivity index (χ4n) is 6.68. The first-order chi connectivity index (χ1) is 12.1. The highest BCUT2D eigenvalue weighted by Crippen LogP contribution is 2.60. The van der Waals surface area contributed by atoms with E-state index in [1.807, 2.05) is 0 Å². The molecular formula is C19H27F3N2O2. The lowest BCUT2D eigenvalue weighted by molar-refractivity contribution is -0.157. The molecule has 4 nitrogen and oxygen atoms in total. The van der Waals surface area contributed by atoms with Gasteiger partial charge in [-0.15, -0.1) is 0 Å². The molecule has 1 heterocycles. The highest BCUT2D eigenvalue weighted by atomic mass is 19.4. The monoisotopic (exact) mass is 372 g/mol. The van der Waals surface area contributed by atoms with Gasteiger partial charge in [0.15, 0.2) is 0 Å². The molecule has 4 bridgehead atoms. The molecule has 0 aromatic rings. The summed E-state index contributed by atoms with van der Waals surface area (Å²) in [6.07, 6.45) is 3.03. The van der Waals surface area contributed by atoms with Crippen LogP contribution in [0.5, 0.6) is 0 Å². The first kappa shape index (κ1) is 18.1. The summed E-state index contributed by atoms with van der Waals surface area (Å²) in [5.41, 5.74) is 0.202. The van der Waals surface area contributed by atoms with Crippen LogP contribution in [0.2, 0.25) is 0 Å². The van der Waals surface area contributed by atoms with Gasteiger partial charge in [0.25, 0.3) is 0 Å². The molecule has 7 heteroatoms. The predicted octanol–water partition coefficient (Wildman–Crippen LogP) is 3.07. The minimum atomic E-state index is -4.42. The van der Waals surface area contributed by atoms with Crippen LogP contribution in [-0.2, 0) is 9.59 Å². The van der Waals surface area contributed by atoms with E-state index in [0.717, 1.165) is 22.7 Å². The van der Waals surface area contributed by atoms with Gasteiger partial charge in [-0.3, -0.25) is 9.59 Å². The summed E-state index contributed by atoms with van der Waals surface area (Å²) >= 11 is 0. The van der Waals surface area contributed by atoms with Crippen molar-refractivity contribution in [2.45, 2.75) is 51.1 Å². The van der Waals surface area contributed by atoms with Crippen LogP contribution in [0.4, 0.5) is 13.2 Å². The van der Waals surface area contributed by atoms with Gasteiger partial charge < -0.3 is 9.80 Å². The van der Waals surface area contributed by atoms with E-state index in [9.17, 15) is 22.8 Å². The number of halogens is 3. The van der Waals surface area contributed by atoms with E-state index in [-0.39, 0.29) is 24.3 Å². The number of alkyl halides is 3. The number of hydrogen-bond donors (Lipinski definition) is 0. The molecule has 1 saturated heterocycles. The zero-order valence-electron chi connectivity index (χ0n) is 15.2. The molecule has 1 aliphatic heterocycles. The Balaban J connectivity index is 1.37. The molecule has 146 valence electrons. The Morgan fingerprint density at radius 3 is 2.19 bits per heavy atom. The standard InChI is InChI=1S/C19H27F3N2O2/c1-23(10-18-6-12-2-13(7-18)4-14(3-12)8-18)17(26)15-5-16(25)24(9-15)11-19(20,21)22/h12-15H,2-11H2,1H3/t12?,13?,14?,15-,18?/m0/s1. The van der Waals surface area contributed by atoms with E-state index >= 15 is 0 Å². The first-order valence-electron chi connectivity index (χ1n) is 9.72. The molecule has 0 aromatic carbocycles. The molecule has 4 aliphatic carbocycles. The highest BCUT2D eigenvalue weighted by Gasteiger charge is 2.52. The molecule has 5 fully saturated rings. The smallest absolute Gasteiger partial charge is 0.345 e. The van der Waals surface area contributed by atoms with Crippen molar-refractivity contribution in [3.05, 3.63) is 0 Å². The minimum absolute atomic E-state index is 0.0971. The van der Waals surface area contributed by atoms with E-state index in [1.54, 1.807) is 11.9 Å². The fraction of sp³-hybridized carbons (Fsp3) is 0.895. The number of rotatable bonds is 4. The van der Waals surface area contributed by atoms with Crippen LogP contribution < -0.4 is 0 Å². The Morgan fingerprint density at radius 1 is 1.15 bits per heavy atom. The van der Waals surface area contributed by atoms with Crippen LogP contribution >= 0.6 is 0 Å². The van der Waals surface area contributed by atoms with Gasteiger partial charge in [0, 0.05) is 26.6 Å². The molecule has 0 spiro atoms. The zero-order valence-corrected chi connectivity index (χ0v) is 15.2. The lowest BCUT2D eigenvalue weighted by atomic mass is 9.49. The van der Waals surface area contributed by atoms with Crippen LogP contribution in [0.15, 0.2) is 0 Å². The van der Waals surface area contributed by atoms with Gasteiger partial charge >= 0.3 is 6.18 Å². The average molecular weight is 372 g/mol. The van der Waals surface area contributed by atoms with Crippen LogP contribution in [0.1, 0.15) is 44.9 Å². The second-order valence-electron chi connectivity index (χ2n) is 9.40. The van der Waals surface area contributed by atoms with E-state index in [0.29, 0.717) is 6.54 Å². The topological polar surface area (TPSA) is 40.6 Å². The zero-order chi connectivity index (χ0) is 18.7. The van der Waals surface area contributed by atoms with Crippen LogP contribution in [0, 0.1) is 29.1 Å². The Bertz CT molecular complexity index is 569. The summed E-state index contributed by atoms with van der Waals surface area (Å²) in [5, 5.41) is 0. The van der Waals surface area contributed by atoms with Crippen LogP contribution in [-0.4, -0.2) is 54.5 Å². The summed E-state index contributed by atoms with van der Waals surface area (Å²) in [6.45, 7) is -0.671. The maximum absolute atomic E-state index is 12.8. The molecule has 0 aromatic heterocycles. The second-order valence-corrected chi connectivity index (χ2v) is 9.40. The fourth-order valence-corrected chi connectivity index (χ4v) is 6.68. The third-order valence-corrected chi connectivity index (χ3v) is 7.05. The summed E-state index contributed by atoms with van der Waals surface area (Å²) in [5.74, 6) is 1.01. The van der Waals surface area contributed by atoms with Gasteiger partial charge in [0.2, 0.25) is 11.8 Å². The summed E-state index contributed by atoms with van der Waals surface area (Å²) < 4.78 is 37.7. The van der Waals surface area contributed by atoms with Crippen LogP contribution in [0.25, 0.3) is 0 Å². The molecule has 26 heavy (non-hydrogen) atoms. The minimum Gasteiger partial charge on any atom is -0.345 e. The first-order valence-corrected chi connectivity index (χ1v) is 9.72. The van der Waals surface area contributed by atoms with Crippen molar-refractivity contribution >= 4 is 11.8 Å². The number of carbonyl (C=O) groups is 2. The van der Waals surface area contributed by atoms with Crippen molar-refractivity contribution in [3.8, 4) is 0 Å². The largest absolute Gasteiger partial charge is 0.406 e. The number of amides is 2. The van der Waals surface area contributed by atoms with E-state index < -0.39 is 24.5 Å². The van der Waals surface area contributed by atoms with Crippen molar-refractivity contribution in [2.75, 3.05) is 26.7 Å². The molecule has 0 N–H and O–H groups in total. The maximum Gasteiger partial charge on any atom is 0.406 e. The average Bonchev–Trinajstić information content (AvgIpc) is 2.83. The van der Waals surface area contributed by atoms with Gasteiger partial charge in [-0.25, -0.2) is 0 Å². The molecule has 2 amide bonds. The third kappa shape index (κ3) is 3.46. The quantitative estimate of drug-likeness (QED) is 0.761. The van der Waals surface area contributed by atoms with Crippen molar-refractivity contribution in [3.63, 3.8) is 0 Å². The van der Waals surface area contributed by atoms with E-state index in [4.69, 9.17) is 0 Å². The third-order valence-electron chi connectivity index (χ3n) is 7.05. The van der Waals surface area contributed by atoms with Gasteiger partial charge in [-0.2, -0.15) is 13.2 Å². The van der Waals surface area contributed by atoms with E-state index in [1.165, 1.54) is 38.5 Å². The second kappa shape index (κ2) is 6.13. The number of carbonyl (C=O) groups excluding carboxylic acids is 2. The molecule has 1 atom stereocenters. The van der Waals surface area contributed by atoms with Crippen molar-refractivity contribution < 1.29 is 22.8 Å². The predicted molar refractivity (Wildman–Crippen MR) is 89.0 cm³/mol. The van der Waals surface area contributed by atoms with Gasteiger partial charge in [0.1, 0.15) is 6.54 Å². The van der Waals surface area contributed by atoms with Crippen molar-refractivity contribution in [1.82, 2.24) is 9.80 Å². The summed E-state index contributed by atoms with van der Waals surface area (Å²) in [6, 6.07) is 0.